The van der Waals surface area contributed by atoms with Crippen LogP contribution in [-0.2, 0) is 52.4 Å². The molecule has 5 aliphatic rings. The summed E-state index contributed by atoms with van der Waals surface area (Å²) in [5.41, 5.74) is -8.42. The molecule has 4 aromatic rings. The van der Waals surface area contributed by atoms with Crippen molar-refractivity contribution in [1.29, 1.82) is 0 Å². The Morgan fingerprint density at radius 1 is 0.787 bits per heavy atom. The highest BCUT2D eigenvalue weighted by molar-refractivity contribution is 5.96. The van der Waals surface area contributed by atoms with Gasteiger partial charge in [-0.3, -0.25) is 19.2 Å². The van der Waals surface area contributed by atoms with Gasteiger partial charge in [0.05, 0.1) is 29.5 Å². The van der Waals surface area contributed by atoms with Gasteiger partial charge in [0.15, 0.2) is 36.4 Å². The van der Waals surface area contributed by atoms with Crippen molar-refractivity contribution in [3.63, 3.8) is 0 Å². The molecule has 19 nitrogen and oxygen atoms in total. The molecule has 3 aliphatic carbocycles. The number of benzene rings is 4. The van der Waals surface area contributed by atoms with Crippen LogP contribution in [0.25, 0.3) is 0 Å². The van der Waals surface area contributed by atoms with Gasteiger partial charge in [0.1, 0.15) is 41.7 Å². The van der Waals surface area contributed by atoms with Gasteiger partial charge in [-0.1, -0.05) is 92.7 Å². The fourth-order valence-electron chi connectivity index (χ4n) is 12.1. The summed E-state index contributed by atoms with van der Waals surface area (Å²) in [5.74, 6) is -10.8. The minimum Gasteiger partial charge on any atom is -0.482 e. The van der Waals surface area contributed by atoms with Crippen LogP contribution in [0.2, 0.25) is 0 Å². The molecule has 4 aromatic carbocycles. The molecule has 9 rings (SSSR count). The second-order valence-electron chi connectivity index (χ2n) is 21.3. The summed E-state index contributed by atoms with van der Waals surface area (Å²) in [6.07, 6.45) is -17.7. The van der Waals surface area contributed by atoms with E-state index in [1.54, 1.807) is 66.7 Å². The molecule has 1 unspecified atom stereocenters. The van der Waals surface area contributed by atoms with E-state index in [0.29, 0.717) is 5.56 Å². The normalized spacial score (nSPS) is 28.6. The lowest BCUT2D eigenvalue weighted by atomic mass is 9.44. The maximum Gasteiger partial charge on any atom is 0.399 e. The van der Waals surface area contributed by atoms with Crippen LogP contribution in [0.15, 0.2) is 137 Å². The standard InChI is InChI=1S/C58H58F3N3O16/c1-30-38(77-53(72)45(68)44(34-16-10-7-11-17-34)62-51(70)35-18-12-8-13-19-35)27-57(73)49(79-52(71)36-20-14-9-15-21-36)47-55(6,48(69)46(76-31(2)65)42(30)54(57,4)5)39(26-40-56(47,29-75-40)80-32(3)66)78-41(67)28-74-37-24-22-33(23-25-37)43(50-63-64-50)58(59,60)61/h7-25,38-40,43-47,49-50,68,73H,26-29H2,1-6H3,(H,62,70)/t38-,39-,40+,43?,44-,45+,46+,47-,49-,55+,56-,57+/m0/s1. The van der Waals surface area contributed by atoms with E-state index in [2.05, 4.69) is 15.5 Å². The van der Waals surface area contributed by atoms with Crippen LogP contribution in [0, 0.1) is 16.7 Å². The van der Waals surface area contributed by atoms with Gasteiger partial charge >= 0.3 is 36.0 Å². The average Bonchev–Trinajstić information content (AvgIpc) is 3.90. The summed E-state index contributed by atoms with van der Waals surface area (Å²) < 4.78 is 84.5. The molecule has 1 saturated heterocycles. The number of aliphatic hydroxyl groups excluding tert-OH is 1. The highest BCUT2D eigenvalue weighted by atomic mass is 19.4. The van der Waals surface area contributed by atoms with E-state index >= 15 is 4.79 Å². The number of amides is 1. The molecule has 2 heterocycles. The Morgan fingerprint density at radius 2 is 1.39 bits per heavy atom. The first-order valence-electron chi connectivity index (χ1n) is 25.7. The summed E-state index contributed by atoms with van der Waals surface area (Å²) in [6.45, 7) is 6.56. The lowest BCUT2D eigenvalue weighted by Gasteiger charge is -2.67. The minimum atomic E-state index is -4.66. The van der Waals surface area contributed by atoms with Crippen LogP contribution < -0.4 is 10.1 Å². The largest absolute Gasteiger partial charge is 0.482 e. The van der Waals surface area contributed by atoms with E-state index in [1.807, 2.05) is 0 Å². The van der Waals surface area contributed by atoms with Crippen molar-refractivity contribution >= 4 is 41.5 Å². The summed E-state index contributed by atoms with van der Waals surface area (Å²) in [5, 5.41) is 35.7. The fourth-order valence-corrected chi connectivity index (χ4v) is 12.1. The van der Waals surface area contributed by atoms with Crippen molar-refractivity contribution in [3.8, 4) is 5.75 Å². The van der Waals surface area contributed by atoms with Gasteiger partial charge in [-0.2, -0.15) is 23.4 Å². The van der Waals surface area contributed by atoms with Crippen LogP contribution >= 0.6 is 0 Å². The second kappa shape index (κ2) is 21.7. The number of rotatable bonds is 16. The second-order valence-corrected chi connectivity index (χ2v) is 21.3. The fraction of sp³-hybridized carbons (Fsp3) is 0.431. The molecule has 3 fully saturated rings. The van der Waals surface area contributed by atoms with Gasteiger partial charge in [0, 0.05) is 37.7 Å². The summed E-state index contributed by atoms with van der Waals surface area (Å²) in [7, 11) is 0. The van der Waals surface area contributed by atoms with Gasteiger partial charge in [-0.25, -0.2) is 14.4 Å². The number of halogens is 3. The van der Waals surface area contributed by atoms with E-state index in [-0.39, 0.29) is 40.0 Å². The zero-order valence-electron chi connectivity index (χ0n) is 44.2. The number of fused-ring (bicyclic) bond motifs is 5. The molecule has 2 aliphatic heterocycles. The highest BCUT2D eigenvalue weighted by Crippen LogP contribution is 2.65. The van der Waals surface area contributed by atoms with Gasteiger partial charge in [-0.15, -0.1) is 0 Å². The molecule has 0 spiro atoms. The predicted molar refractivity (Wildman–Crippen MR) is 271 cm³/mol. The Labute approximate surface area is 456 Å². The van der Waals surface area contributed by atoms with Crippen LogP contribution in [-0.4, -0.2) is 125 Å². The Kier molecular flexibility index (Phi) is 15.4. The summed E-state index contributed by atoms with van der Waals surface area (Å²) >= 11 is 0. The Hall–Kier alpha value is -7.82. The van der Waals surface area contributed by atoms with Gasteiger partial charge in [0.2, 0.25) is 0 Å². The molecule has 22 heteroatoms. The average molecular weight is 1110 g/mol. The number of hydrogen-bond donors (Lipinski definition) is 3. The van der Waals surface area contributed by atoms with Crippen molar-refractivity contribution < 1.29 is 90.1 Å². The van der Waals surface area contributed by atoms with Crippen molar-refractivity contribution in [1.82, 2.24) is 5.32 Å². The summed E-state index contributed by atoms with van der Waals surface area (Å²) in [6, 6.07) is 27.0. The zero-order valence-corrected chi connectivity index (χ0v) is 44.2. The number of ketones is 1. The molecule has 1 amide bonds. The minimum absolute atomic E-state index is 0.0291. The maximum absolute atomic E-state index is 16.3. The van der Waals surface area contributed by atoms with Crippen molar-refractivity contribution in [2.75, 3.05) is 13.2 Å². The monoisotopic (exact) mass is 1110 g/mol. The first-order chi connectivity index (χ1) is 37.8. The van der Waals surface area contributed by atoms with Crippen LogP contribution in [0.3, 0.4) is 0 Å². The first-order valence-corrected chi connectivity index (χ1v) is 25.7. The smallest absolute Gasteiger partial charge is 0.399 e. The van der Waals surface area contributed by atoms with Gasteiger partial charge < -0.3 is 48.7 Å². The summed E-state index contributed by atoms with van der Waals surface area (Å²) in [4.78, 5) is 100. The molecule has 80 heavy (non-hydrogen) atoms. The number of carbonyl (C=O) groups is 7. The van der Waals surface area contributed by atoms with Crippen molar-refractivity contribution in [2.45, 2.75) is 127 Å². The number of Topliss-reactive ketones (excluding diaryl/α,β-unsaturated/α-hetero) is 1. The molecular formula is C58H58F3N3O16. The number of esters is 5. The third-order valence-corrected chi connectivity index (χ3v) is 16.2. The zero-order chi connectivity index (χ0) is 57.7. The molecule has 3 N–H and O–H groups in total. The number of aliphatic hydroxyl groups is 2. The number of alkyl halides is 3. The quantitative estimate of drug-likeness (QED) is 0.0592. The molecule has 0 radical (unpaired) electrons. The maximum atomic E-state index is 16.3. The number of ether oxygens (including phenoxy) is 7. The van der Waals surface area contributed by atoms with E-state index in [0.717, 1.165) is 26.0 Å². The van der Waals surface area contributed by atoms with E-state index in [9.17, 15) is 52.2 Å². The Bertz CT molecular complexity index is 3120. The highest BCUT2D eigenvalue weighted by Gasteiger charge is 2.79. The molecule has 0 aromatic heterocycles. The number of nitrogens with zero attached hydrogens (tertiary/aromatic N) is 2. The van der Waals surface area contributed by atoms with Crippen LogP contribution in [0.1, 0.15) is 98.2 Å². The van der Waals surface area contributed by atoms with E-state index < -0.39 is 150 Å². The SMILES string of the molecule is CC(=O)O[C@H]1C(=O)[C@]2(C)[C@@H](OC(=O)COc3ccc(C(C4N=N4)C(F)(F)F)cc3)C[C@H]3OC[C@@]3(OC(C)=O)[C@H]2[C@H](OC(=O)c2ccccc2)[C@]2(O)C[C@H](OC(=O)[C@H](O)[C@@H](NC(=O)c3ccccc3)c3ccccc3)C(C)=C1C2(C)C. The number of nitrogens with one attached hydrogen (secondary N) is 1. The molecule has 422 valence electrons. The topological polar surface area (TPSA) is 261 Å². The third kappa shape index (κ3) is 10.5. The van der Waals surface area contributed by atoms with Crippen LogP contribution in [0.4, 0.5) is 13.2 Å². The molecule has 2 bridgehead atoms. The van der Waals surface area contributed by atoms with Crippen LogP contribution in [0.5, 0.6) is 5.75 Å². The number of carbonyl (C=O) groups excluding carboxylic acids is 7. The molecular weight excluding hydrogens is 1050 g/mol. The first kappa shape index (κ1) is 56.9. The Morgan fingerprint density at radius 3 is 1.94 bits per heavy atom. The molecule has 2 saturated carbocycles. The lowest BCUT2D eigenvalue weighted by Crippen LogP contribution is -2.82. The van der Waals surface area contributed by atoms with Gasteiger partial charge in [-0.05, 0) is 72.5 Å². The van der Waals surface area contributed by atoms with E-state index in [1.165, 1.54) is 64.1 Å². The van der Waals surface area contributed by atoms with Crippen molar-refractivity contribution in [3.05, 3.63) is 149 Å². The lowest BCUT2D eigenvalue weighted by molar-refractivity contribution is -0.346. The van der Waals surface area contributed by atoms with Crippen molar-refractivity contribution in [2.24, 2.45) is 27.0 Å². The van der Waals surface area contributed by atoms with Gasteiger partial charge in [0.25, 0.3) is 5.91 Å². The predicted octanol–water partition coefficient (Wildman–Crippen LogP) is 6.80. The third-order valence-electron chi connectivity index (χ3n) is 16.2. The Balaban J connectivity index is 1.14. The molecule has 12 atom stereocenters. The van der Waals surface area contributed by atoms with E-state index in [4.69, 9.17) is 33.2 Å². The number of hydrogen-bond acceptors (Lipinski definition) is 18.